The molecule has 1 aliphatic rings. The van der Waals surface area contributed by atoms with Gasteiger partial charge < -0.3 is 57.2 Å². The summed E-state index contributed by atoms with van der Waals surface area (Å²) < 4.78 is 0. The van der Waals surface area contributed by atoms with E-state index in [1.165, 1.54) is 23.8 Å². The van der Waals surface area contributed by atoms with Crippen LogP contribution in [0, 0.1) is 11.8 Å². The van der Waals surface area contributed by atoms with E-state index in [0.717, 1.165) is 20.3 Å². The van der Waals surface area contributed by atoms with Crippen LogP contribution in [-0.2, 0) is 57.5 Å². The molecule has 0 spiro atoms. The number of carboxylic acid groups (broad SMARTS) is 3. The molecule has 1 saturated heterocycles. The monoisotopic (exact) mass is 955 g/mol. The first-order valence-corrected chi connectivity index (χ1v) is 22.3. The quantitative estimate of drug-likeness (QED) is 0.0373. The van der Waals surface area contributed by atoms with Crippen LogP contribution in [-0.4, -0.2) is 163 Å². The van der Waals surface area contributed by atoms with Crippen molar-refractivity contribution in [2.75, 3.05) is 13.1 Å². The molecular weight excluding hydrogens is 887 g/mol. The zero-order valence-electron chi connectivity index (χ0n) is 39.3. The number of hydrogen-bond donors (Lipinski definition) is 11. The van der Waals surface area contributed by atoms with E-state index in [-0.39, 0.29) is 31.8 Å². The lowest BCUT2D eigenvalue weighted by Gasteiger charge is -2.33. The number of nitrogens with zero attached hydrogens (tertiary/aromatic N) is 2. The van der Waals surface area contributed by atoms with Crippen molar-refractivity contribution in [1.82, 2.24) is 47.2 Å². The number of aliphatic carboxylic acids is 3. The minimum absolute atomic E-state index is 0.169. The van der Waals surface area contributed by atoms with E-state index in [4.69, 9.17) is 0 Å². The average molecular weight is 956 g/mol. The predicted octanol–water partition coefficient (Wildman–Crippen LogP) is -2.13. The second-order valence-electron chi connectivity index (χ2n) is 17.0. The van der Waals surface area contributed by atoms with Crippen molar-refractivity contribution >= 4 is 71.1 Å². The van der Waals surface area contributed by atoms with Crippen molar-refractivity contribution < 1.29 is 78.0 Å². The van der Waals surface area contributed by atoms with Gasteiger partial charge in [-0.25, -0.2) is 0 Å². The molecule has 25 nitrogen and oxygen atoms in total. The first-order chi connectivity index (χ1) is 31.2. The van der Waals surface area contributed by atoms with Gasteiger partial charge in [0.05, 0.1) is 18.9 Å². The third kappa shape index (κ3) is 19.9. The number of aliphatic hydroxyl groups is 1. The molecular formula is C42H69N9O16. The van der Waals surface area contributed by atoms with Gasteiger partial charge in [0.15, 0.2) is 0 Å². The van der Waals surface area contributed by atoms with Gasteiger partial charge in [-0.05, 0) is 50.9 Å². The number of aliphatic hydroxyl groups excluding tert-OH is 1. The summed E-state index contributed by atoms with van der Waals surface area (Å²) in [6, 6.07) is -11.1. The first-order valence-electron chi connectivity index (χ1n) is 22.3. The Balaban J connectivity index is 3.35. The number of hydrogen-bond acceptors (Lipinski definition) is 13. The Morgan fingerprint density at radius 2 is 1.10 bits per heavy atom. The zero-order chi connectivity index (χ0) is 51.3. The van der Waals surface area contributed by atoms with Gasteiger partial charge in [0.25, 0.3) is 5.91 Å². The van der Waals surface area contributed by atoms with E-state index in [1.807, 2.05) is 13.8 Å². The summed E-state index contributed by atoms with van der Waals surface area (Å²) in [5.74, 6) is -14.0. The standard InChI is InChI=1S/C42H69N9O16/c1-9-11-14-29(54)51(17-10-2)49-39(64)28-13-12-18-50(28)42(67)34(22(5)6)47-40(65)33(21(3)4)46-38(63)27(20-32(59)60)45-36(61)25(15-16-30(55)56)44-41(66)35(23(7)52)48-37(62)26(19-31(57)58)43-24(8)53/h21-23,25-28,33-35,52H,9-20H2,1-8H3,(H,43,53)(H,44,66)(H,45,61)(H,46,63)(H,47,65)(H,48,62)(H,49,64)(H,55,56)(H,57,58)(H,59,60)/t23-,25+,26+,27+,28+,33+,34+,35+/m1/s1. The minimum atomic E-state index is -1.96. The number of carbonyl (C=O) groups excluding carboxylic acids is 9. The lowest BCUT2D eigenvalue weighted by atomic mass is 9.98. The molecule has 0 radical (unpaired) electrons. The fourth-order valence-electron chi connectivity index (χ4n) is 6.91. The molecule has 8 atom stereocenters. The highest BCUT2D eigenvalue weighted by Crippen LogP contribution is 2.21. The van der Waals surface area contributed by atoms with Gasteiger partial charge in [-0.1, -0.05) is 48.0 Å². The van der Waals surface area contributed by atoms with Gasteiger partial charge in [0, 0.05) is 32.9 Å². The third-order valence-electron chi connectivity index (χ3n) is 10.5. The number of amides is 9. The smallest absolute Gasteiger partial charge is 0.305 e. The Morgan fingerprint density at radius 1 is 0.612 bits per heavy atom. The van der Waals surface area contributed by atoms with Crippen LogP contribution in [0.25, 0.3) is 0 Å². The molecule has 25 heteroatoms. The Bertz CT molecular complexity index is 1790. The van der Waals surface area contributed by atoms with Crippen molar-refractivity contribution in [3.05, 3.63) is 0 Å². The summed E-state index contributed by atoms with van der Waals surface area (Å²) in [6.45, 7) is 12.6. The summed E-state index contributed by atoms with van der Waals surface area (Å²) in [7, 11) is 0. The average Bonchev–Trinajstić information content (AvgIpc) is 3.72. The van der Waals surface area contributed by atoms with Crippen molar-refractivity contribution in [3.8, 4) is 0 Å². The fourth-order valence-corrected chi connectivity index (χ4v) is 6.91. The molecule has 0 saturated carbocycles. The molecule has 1 rings (SSSR count). The summed E-state index contributed by atoms with van der Waals surface area (Å²) in [5.41, 5.74) is 2.66. The van der Waals surface area contributed by atoms with Crippen LogP contribution < -0.4 is 37.3 Å². The SMILES string of the molecule is CCCCC(=O)N(CCC)NC(=O)[C@@H]1CCCN1C(=O)[C@@H](NC(=O)[C@@H](NC(=O)[C@H](CC(=O)O)NC(=O)[C@H](CCC(=O)O)NC(=O)[C@@H](NC(=O)[C@H](CC(=O)O)NC(C)=O)[C@@H](C)O)C(C)C)C(C)C. The topological polar surface area (TPSA) is 376 Å². The van der Waals surface area contributed by atoms with Crippen LogP contribution in [0.1, 0.15) is 120 Å². The summed E-state index contributed by atoms with van der Waals surface area (Å²) in [4.78, 5) is 156. The third-order valence-corrected chi connectivity index (χ3v) is 10.5. The molecule has 67 heavy (non-hydrogen) atoms. The van der Waals surface area contributed by atoms with Crippen LogP contribution in [0.3, 0.4) is 0 Å². The van der Waals surface area contributed by atoms with Crippen LogP contribution in [0.4, 0.5) is 0 Å². The molecule has 0 aromatic rings. The molecule has 9 amide bonds. The van der Waals surface area contributed by atoms with Crippen molar-refractivity contribution in [1.29, 1.82) is 0 Å². The molecule has 1 fully saturated rings. The maximum absolute atomic E-state index is 14.1. The number of rotatable bonds is 28. The van der Waals surface area contributed by atoms with Crippen molar-refractivity contribution in [2.24, 2.45) is 11.8 Å². The summed E-state index contributed by atoms with van der Waals surface area (Å²) >= 11 is 0. The molecule has 1 aliphatic heterocycles. The highest BCUT2D eigenvalue weighted by Gasteiger charge is 2.41. The van der Waals surface area contributed by atoms with E-state index >= 15 is 0 Å². The number of hydrazine groups is 1. The van der Waals surface area contributed by atoms with Gasteiger partial charge in [0.1, 0.15) is 42.3 Å². The van der Waals surface area contributed by atoms with Gasteiger partial charge >= 0.3 is 17.9 Å². The molecule has 1 heterocycles. The largest absolute Gasteiger partial charge is 0.481 e. The Morgan fingerprint density at radius 3 is 1.58 bits per heavy atom. The normalized spacial score (nSPS) is 16.5. The van der Waals surface area contributed by atoms with Gasteiger partial charge in [-0.3, -0.25) is 68.0 Å². The van der Waals surface area contributed by atoms with E-state index in [0.29, 0.717) is 19.3 Å². The summed E-state index contributed by atoms with van der Waals surface area (Å²) in [6.07, 6.45) is -2.25. The lowest BCUT2D eigenvalue weighted by molar-refractivity contribution is -0.148. The number of carboxylic acids is 3. The maximum atomic E-state index is 14.1. The number of unbranched alkanes of at least 4 members (excludes halogenated alkanes) is 1. The number of nitrogens with one attached hydrogen (secondary N) is 7. The number of likely N-dealkylation sites (tertiary alicyclic amines) is 1. The zero-order valence-corrected chi connectivity index (χ0v) is 39.3. The molecule has 11 N–H and O–H groups in total. The van der Waals surface area contributed by atoms with Crippen molar-refractivity contribution in [2.45, 2.75) is 168 Å². The summed E-state index contributed by atoms with van der Waals surface area (Å²) in [5, 5.41) is 53.3. The highest BCUT2D eigenvalue weighted by atomic mass is 16.4. The molecule has 378 valence electrons. The van der Waals surface area contributed by atoms with Crippen LogP contribution in [0.2, 0.25) is 0 Å². The molecule has 0 bridgehead atoms. The molecule has 0 aromatic heterocycles. The Hall–Kier alpha value is -6.40. The van der Waals surface area contributed by atoms with E-state index < -0.39 is 151 Å². The van der Waals surface area contributed by atoms with Crippen LogP contribution in [0.15, 0.2) is 0 Å². The van der Waals surface area contributed by atoms with E-state index in [2.05, 4.69) is 37.3 Å². The van der Waals surface area contributed by atoms with Gasteiger partial charge in [-0.15, -0.1) is 0 Å². The fraction of sp³-hybridized carbons (Fsp3) is 0.714. The maximum Gasteiger partial charge on any atom is 0.305 e. The van der Waals surface area contributed by atoms with Gasteiger partial charge in [-0.2, -0.15) is 0 Å². The molecule has 0 unspecified atom stereocenters. The highest BCUT2D eigenvalue weighted by molar-refractivity contribution is 5.99. The second kappa shape index (κ2) is 28.6. The van der Waals surface area contributed by atoms with Gasteiger partial charge in [0.2, 0.25) is 47.3 Å². The molecule has 0 aliphatic carbocycles. The lowest BCUT2D eigenvalue weighted by Crippen LogP contribution is -2.62. The first kappa shape index (κ1) is 58.6. The van der Waals surface area contributed by atoms with Crippen LogP contribution >= 0.6 is 0 Å². The van der Waals surface area contributed by atoms with Crippen molar-refractivity contribution in [3.63, 3.8) is 0 Å². The minimum Gasteiger partial charge on any atom is -0.481 e. The second-order valence-corrected chi connectivity index (χ2v) is 17.0. The Kier molecular flexibility index (Phi) is 25.0. The van der Waals surface area contributed by atoms with E-state index in [9.17, 15) is 78.0 Å². The Labute approximate surface area is 388 Å². The predicted molar refractivity (Wildman–Crippen MR) is 234 cm³/mol. The van der Waals surface area contributed by atoms with Crippen LogP contribution in [0.5, 0.6) is 0 Å². The van der Waals surface area contributed by atoms with E-state index in [1.54, 1.807) is 13.8 Å². The molecule has 0 aromatic carbocycles. The number of carbonyl (C=O) groups is 12.